The molecule has 0 bridgehead atoms. The number of aromatic nitrogens is 2. The molecule has 1 saturated carbocycles. The van der Waals surface area contributed by atoms with Gasteiger partial charge in [-0.2, -0.15) is 5.10 Å². The van der Waals surface area contributed by atoms with Crippen LogP contribution in [0.25, 0.3) is 10.9 Å². The van der Waals surface area contributed by atoms with Gasteiger partial charge in [-0.1, -0.05) is 47.5 Å². The summed E-state index contributed by atoms with van der Waals surface area (Å²) < 4.78 is 13.2. The molecule has 0 unspecified atom stereocenters. The lowest BCUT2D eigenvalue weighted by Crippen LogP contribution is -2.43. The minimum absolute atomic E-state index is 0.342. The standard InChI is InChI=1S/C23H23Cl2N3O3/c24-17-6-5-16(19(25)13-17)14-28-20-4-2-1-3-18(20)21(26-28)22(29)31-23(7-8-23)15-27-9-11-30-12-10-27/h1-6,13H,7-12,14-15H2. The van der Waals surface area contributed by atoms with Gasteiger partial charge in [0.05, 0.1) is 25.3 Å². The lowest BCUT2D eigenvalue weighted by molar-refractivity contribution is -0.0126. The minimum atomic E-state index is -0.404. The van der Waals surface area contributed by atoms with Crippen molar-refractivity contribution in [1.29, 1.82) is 0 Å². The van der Waals surface area contributed by atoms with E-state index in [9.17, 15) is 4.79 Å². The number of carbonyl (C=O) groups excluding carboxylic acids is 1. The summed E-state index contributed by atoms with van der Waals surface area (Å²) in [5.74, 6) is -0.372. The molecule has 2 aromatic carbocycles. The number of ether oxygens (including phenoxy) is 2. The van der Waals surface area contributed by atoms with Crippen LogP contribution in [0.5, 0.6) is 0 Å². The Kier molecular flexibility index (Phi) is 5.65. The van der Waals surface area contributed by atoms with Crippen molar-refractivity contribution in [3.8, 4) is 0 Å². The zero-order valence-corrected chi connectivity index (χ0v) is 18.5. The first kappa shape index (κ1) is 20.8. The fourth-order valence-electron chi connectivity index (χ4n) is 4.05. The number of hydrogen-bond acceptors (Lipinski definition) is 5. The van der Waals surface area contributed by atoms with Crippen LogP contribution in [0.1, 0.15) is 28.9 Å². The normalized spacial score (nSPS) is 18.3. The van der Waals surface area contributed by atoms with E-state index in [0.717, 1.165) is 62.2 Å². The fraction of sp³-hybridized carbons (Fsp3) is 0.391. The van der Waals surface area contributed by atoms with Crippen LogP contribution < -0.4 is 0 Å². The zero-order valence-electron chi connectivity index (χ0n) is 17.0. The topological polar surface area (TPSA) is 56.6 Å². The highest BCUT2D eigenvalue weighted by molar-refractivity contribution is 6.35. The van der Waals surface area contributed by atoms with Gasteiger partial charge >= 0.3 is 5.97 Å². The van der Waals surface area contributed by atoms with Gasteiger partial charge in [0.25, 0.3) is 0 Å². The third kappa shape index (κ3) is 4.44. The monoisotopic (exact) mass is 459 g/mol. The zero-order chi connectivity index (χ0) is 21.4. The van der Waals surface area contributed by atoms with Crippen LogP contribution in [-0.2, 0) is 16.0 Å². The Morgan fingerprint density at radius 1 is 1.13 bits per heavy atom. The molecule has 0 radical (unpaired) electrons. The Morgan fingerprint density at radius 3 is 2.65 bits per heavy atom. The van der Waals surface area contributed by atoms with E-state index in [1.807, 2.05) is 30.3 Å². The SMILES string of the molecule is O=C(OC1(CN2CCOCC2)CC1)c1nn(Cc2ccc(Cl)cc2Cl)c2ccccc12. The summed E-state index contributed by atoms with van der Waals surface area (Å²) in [4.78, 5) is 15.5. The van der Waals surface area contributed by atoms with Crippen molar-refractivity contribution in [3.05, 3.63) is 63.8 Å². The van der Waals surface area contributed by atoms with Crippen molar-refractivity contribution in [3.63, 3.8) is 0 Å². The average molecular weight is 460 g/mol. The number of nitrogens with zero attached hydrogens (tertiary/aromatic N) is 3. The lowest BCUT2D eigenvalue weighted by Gasteiger charge is -2.30. The summed E-state index contributed by atoms with van der Waals surface area (Å²) in [5, 5.41) is 6.55. The molecule has 1 aliphatic carbocycles. The van der Waals surface area contributed by atoms with E-state index >= 15 is 0 Å². The average Bonchev–Trinajstić information content (AvgIpc) is 3.41. The van der Waals surface area contributed by atoms with E-state index < -0.39 is 5.60 Å². The van der Waals surface area contributed by atoms with Gasteiger partial charge < -0.3 is 9.47 Å². The Balaban J connectivity index is 1.39. The molecule has 1 aromatic heterocycles. The number of para-hydroxylation sites is 1. The Hall–Kier alpha value is -2.12. The highest BCUT2D eigenvalue weighted by Crippen LogP contribution is 2.41. The van der Waals surface area contributed by atoms with Crippen LogP contribution in [0.4, 0.5) is 0 Å². The highest BCUT2D eigenvalue weighted by atomic mass is 35.5. The molecule has 3 aromatic rings. The molecule has 2 fully saturated rings. The van der Waals surface area contributed by atoms with Gasteiger partial charge in [-0.25, -0.2) is 4.79 Å². The quantitative estimate of drug-likeness (QED) is 0.510. The summed E-state index contributed by atoms with van der Waals surface area (Å²) in [6.45, 7) is 4.39. The molecule has 31 heavy (non-hydrogen) atoms. The maximum absolute atomic E-state index is 13.1. The summed E-state index contributed by atoms with van der Waals surface area (Å²) in [6, 6.07) is 13.1. The minimum Gasteiger partial charge on any atom is -0.453 e. The van der Waals surface area contributed by atoms with E-state index in [1.54, 1.807) is 16.8 Å². The van der Waals surface area contributed by atoms with Gasteiger partial charge in [0.1, 0.15) is 5.60 Å². The molecule has 5 rings (SSSR count). The second-order valence-corrected chi connectivity index (χ2v) is 9.06. The second kappa shape index (κ2) is 8.43. The van der Waals surface area contributed by atoms with Crippen molar-refractivity contribution < 1.29 is 14.3 Å². The first-order valence-corrected chi connectivity index (χ1v) is 11.2. The number of fused-ring (bicyclic) bond motifs is 1. The molecule has 0 amide bonds. The van der Waals surface area contributed by atoms with Crippen LogP contribution in [-0.4, -0.2) is 59.1 Å². The van der Waals surface area contributed by atoms with Crippen molar-refractivity contribution in [2.45, 2.75) is 25.0 Å². The van der Waals surface area contributed by atoms with Crippen LogP contribution in [0.3, 0.4) is 0 Å². The molecular formula is C23H23Cl2N3O3. The number of benzene rings is 2. The van der Waals surface area contributed by atoms with E-state index in [4.69, 9.17) is 32.7 Å². The maximum Gasteiger partial charge on any atom is 0.360 e. The van der Waals surface area contributed by atoms with E-state index in [-0.39, 0.29) is 5.97 Å². The third-order valence-corrected chi connectivity index (χ3v) is 6.51. The van der Waals surface area contributed by atoms with Crippen molar-refractivity contribution >= 4 is 40.1 Å². The van der Waals surface area contributed by atoms with E-state index in [1.165, 1.54) is 0 Å². The molecule has 162 valence electrons. The molecule has 1 aliphatic heterocycles. The number of carbonyl (C=O) groups is 1. The van der Waals surface area contributed by atoms with E-state index in [2.05, 4.69) is 10.00 Å². The third-order valence-electron chi connectivity index (χ3n) is 5.92. The summed E-state index contributed by atoms with van der Waals surface area (Å²) in [7, 11) is 0. The smallest absolute Gasteiger partial charge is 0.360 e. The maximum atomic E-state index is 13.1. The molecule has 2 heterocycles. The van der Waals surface area contributed by atoms with Crippen LogP contribution in [0.15, 0.2) is 42.5 Å². The first-order chi connectivity index (χ1) is 15.0. The molecule has 0 spiro atoms. The largest absolute Gasteiger partial charge is 0.453 e. The number of halogens is 2. The van der Waals surface area contributed by atoms with Crippen LogP contribution in [0.2, 0.25) is 10.0 Å². The second-order valence-electron chi connectivity index (χ2n) is 8.22. The fourth-order valence-corrected chi connectivity index (χ4v) is 4.52. The highest BCUT2D eigenvalue weighted by Gasteiger charge is 2.48. The molecule has 0 N–H and O–H groups in total. The number of rotatable bonds is 6. The van der Waals surface area contributed by atoms with Gasteiger partial charge in [0.2, 0.25) is 0 Å². The van der Waals surface area contributed by atoms with Crippen molar-refractivity contribution in [2.75, 3.05) is 32.8 Å². The number of esters is 1. The molecule has 8 heteroatoms. The molecule has 2 aliphatic rings. The predicted molar refractivity (Wildman–Crippen MR) is 120 cm³/mol. The van der Waals surface area contributed by atoms with Crippen molar-refractivity contribution in [2.24, 2.45) is 0 Å². The molecule has 6 nitrogen and oxygen atoms in total. The number of morpholine rings is 1. The summed E-state index contributed by atoms with van der Waals surface area (Å²) in [6.07, 6.45) is 1.77. The Labute approximate surface area is 190 Å². The molecule has 1 saturated heterocycles. The summed E-state index contributed by atoms with van der Waals surface area (Å²) >= 11 is 12.4. The van der Waals surface area contributed by atoms with Gasteiger partial charge in [-0.3, -0.25) is 9.58 Å². The Morgan fingerprint density at radius 2 is 1.90 bits per heavy atom. The predicted octanol–water partition coefficient (Wildman–Crippen LogP) is 4.41. The van der Waals surface area contributed by atoms with Gasteiger partial charge in [-0.05, 0) is 36.6 Å². The number of hydrogen-bond donors (Lipinski definition) is 0. The van der Waals surface area contributed by atoms with Crippen molar-refractivity contribution in [1.82, 2.24) is 14.7 Å². The molecule has 0 atom stereocenters. The van der Waals surface area contributed by atoms with E-state index in [0.29, 0.717) is 22.3 Å². The van der Waals surface area contributed by atoms with Crippen LogP contribution >= 0.6 is 23.2 Å². The first-order valence-electron chi connectivity index (χ1n) is 10.5. The van der Waals surface area contributed by atoms with Gasteiger partial charge in [0.15, 0.2) is 5.69 Å². The lowest BCUT2D eigenvalue weighted by atomic mass is 10.2. The van der Waals surface area contributed by atoms with Gasteiger partial charge in [-0.15, -0.1) is 0 Å². The van der Waals surface area contributed by atoms with Crippen LogP contribution in [0, 0.1) is 0 Å². The Bertz CT molecular complexity index is 1120. The van der Waals surface area contributed by atoms with Gasteiger partial charge in [0, 0.05) is 35.1 Å². The summed E-state index contributed by atoms with van der Waals surface area (Å²) in [5.41, 5.74) is 1.68. The molecular weight excluding hydrogens is 437 g/mol.